The molecule has 4 nitrogen and oxygen atoms in total. The zero-order valence-corrected chi connectivity index (χ0v) is 24.5. The Bertz CT molecular complexity index is 464. The molecule has 3 rings (SSSR count). The summed E-state index contributed by atoms with van der Waals surface area (Å²) in [5, 5.41) is 3.35. The third-order valence-electron chi connectivity index (χ3n) is 2.88. The minimum Gasteiger partial charge on any atom is -0.0312 e. The molecule has 0 aromatic carbocycles. The van der Waals surface area contributed by atoms with Gasteiger partial charge in [-0.2, -0.15) is 0 Å². The van der Waals surface area contributed by atoms with E-state index in [9.17, 15) is 0 Å². The van der Waals surface area contributed by atoms with Crippen LogP contribution in [0.25, 0.3) is 0 Å². The Morgan fingerprint density at radius 2 is 0.594 bits per heavy atom. The van der Waals surface area contributed by atoms with Crippen molar-refractivity contribution < 1.29 is 61.9 Å². The van der Waals surface area contributed by atoms with Gasteiger partial charge in [-0.05, 0) is 75.0 Å². The van der Waals surface area contributed by atoms with Gasteiger partial charge in [-0.25, -0.2) is 0 Å². The van der Waals surface area contributed by atoms with E-state index in [-0.39, 0.29) is 43.3 Å². The zero-order chi connectivity index (χ0) is 24.6. The predicted molar refractivity (Wildman–Crippen MR) is 121 cm³/mol. The zero-order valence-electron chi connectivity index (χ0n) is 19.2. The van der Waals surface area contributed by atoms with E-state index in [0.717, 1.165) is 0 Å². The topological polar surface area (TPSA) is 79.6 Å². The minimum absolute atomic E-state index is 0. The van der Waals surface area contributed by atoms with E-state index in [1.165, 1.54) is 16.4 Å². The molecule has 2 aliphatic carbocycles. The quantitative estimate of drug-likeness (QED) is 0.141. The number of hydrogen-bond acceptors (Lipinski definition) is 0. The average Bonchev–Trinajstić information content (AvgIpc) is 3.43. The van der Waals surface area contributed by atoms with Gasteiger partial charge in [-0.15, -0.1) is 0 Å². The second-order valence-corrected chi connectivity index (χ2v) is 10.2. The molecule has 0 unspecified atom stereocenters. The molecule has 1 aliphatic heterocycles. The maximum atomic E-state index is 7.50. The van der Waals surface area contributed by atoms with Crippen LogP contribution in [0.4, 0.5) is 0 Å². The molecule has 2 saturated carbocycles. The second-order valence-electron chi connectivity index (χ2n) is 7.30. The van der Waals surface area contributed by atoms with Crippen molar-refractivity contribution >= 4 is 26.5 Å². The normalized spacial score (nSPS) is 15.6. The Hall–Kier alpha value is 0.703. The van der Waals surface area contributed by atoms with Crippen molar-refractivity contribution in [1.29, 1.82) is 0 Å². The summed E-state index contributed by atoms with van der Waals surface area (Å²) in [7, 11) is 3.04. The third kappa shape index (κ3) is 28.7. The Balaban J connectivity index is -0.0000000717. The van der Waals surface area contributed by atoms with Gasteiger partial charge in [0.15, 0.2) is 0 Å². The summed E-state index contributed by atoms with van der Waals surface area (Å²) < 4.78 is 30.0. The smallest absolute Gasteiger partial charge is 0 e. The van der Waals surface area contributed by atoms with E-state index in [1.54, 1.807) is 10.1 Å². The van der Waals surface area contributed by atoms with Gasteiger partial charge in [0, 0.05) is 53.3 Å². The molecule has 0 amide bonds. The number of rotatable bonds is 0. The molecule has 0 aromatic heterocycles. The summed E-state index contributed by atoms with van der Waals surface area (Å²) in [4.78, 5) is 0. The van der Waals surface area contributed by atoms with Crippen molar-refractivity contribution in [3.05, 3.63) is 90.8 Å². The van der Waals surface area contributed by atoms with E-state index in [1.807, 2.05) is 64.2 Å². The van der Waals surface area contributed by atoms with Gasteiger partial charge < -0.3 is 0 Å². The molecule has 170 valence electrons. The molecule has 0 atom stereocenters. The predicted octanol–water partition coefficient (Wildman–Crippen LogP) is 6.13. The fourth-order valence-corrected chi connectivity index (χ4v) is 4.17. The van der Waals surface area contributed by atoms with Crippen molar-refractivity contribution in [3.63, 3.8) is 0 Å². The van der Waals surface area contributed by atoms with Crippen LogP contribution in [0, 0.1) is 102 Å². The van der Waals surface area contributed by atoms with Gasteiger partial charge >= 0.3 is 45.2 Å². The van der Waals surface area contributed by atoms with Gasteiger partial charge in [-0.3, -0.25) is 0 Å². The maximum Gasteiger partial charge on any atom is 0 e. The first-order valence-electron chi connectivity index (χ1n) is 8.54. The van der Waals surface area contributed by atoms with Crippen molar-refractivity contribution in [1.82, 2.24) is 0 Å². The van der Waals surface area contributed by atoms with Crippen LogP contribution in [0.5, 0.6) is 0 Å². The fraction of sp³-hybridized carbons (Fsp3) is 0.333. The van der Waals surface area contributed by atoms with Crippen LogP contribution in [0.1, 0.15) is 41.5 Å². The molecule has 10 radical (unpaired) electrons. The Morgan fingerprint density at radius 1 is 0.469 bits per heavy atom. The Kier molecular flexibility index (Phi) is 45.7. The van der Waals surface area contributed by atoms with Crippen molar-refractivity contribution in [3.8, 4) is 0 Å². The first-order valence-corrected chi connectivity index (χ1v) is 10.3. The summed E-state index contributed by atoms with van der Waals surface area (Å²) in [6, 6.07) is 0. The van der Waals surface area contributed by atoms with Crippen LogP contribution in [0.15, 0.2) is 0 Å². The minimum atomic E-state index is 0. The summed E-state index contributed by atoms with van der Waals surface area (Å²) in [5.74, 6) is 0. The van der Waals surface area contributed by atoms with Crippen molar-refractivity contribution in [2.75, 3.05) is 0 Å². The van der Waals surface area contributed by atoms with Crippen molar-refractivity contribution in [2.24, 2.45) is 10.8 Å². The largest absolute Gasteiger partial charge is 0.0312 e. The first-order chi connectivity index (χ1) is 14.2. The Labute approximate surface area is 230 Å². The van der Waals surface area contributed by atoms with Crippen LogP contribution in [0.3, 0.4) is 0 Å². The van der Waals surface area contributed by atoms with Crippen LogP contribution in [0.2, 0.25) is 0 Å². The molecule has 1 heterocycles. The average molecular weight is 590 g/mol. The summed E-state index contributed by atoms with van der Waals surface area (Å²) >= 11 is 0. The summed E-state index contributed by atoms with van der Waals surface area (Å²) in [5.41, 5.74) is 0.829. The fourth-order valence-electron chi connectivity index (χ4n) is 1.52. The molecule has 0 saturated heterocycles. The van der Waals surface area contributed by atoms with Gasteiger partial charge in [0.05, 0.1) is 0 Å². The summed E-state index contributed by atoms with van der Waals surface area (Å²) in [6.07, 6.45) is 20.0. The first kappa shape index (κ1) is 46.1. The third-order valence-corrected chi connectivity index (χ3v) is 7.61. The summed E-state index contributed by atoms with van der Waals surface area (Å²) in [6.45, 7) is 31.8. The van der Waals surface area contributed by atoms with E-state index in [2.05, 4.69) is 68.1 Å². The monoisotopic (exact) mass is 588 g/mol. The molecule has 0 N–H and O–H groups in total. The van der Waals surface area contributed by atoms with Crippen LogP contribution in [-0.2, 0) is 61.9 Å². The maximum absolute atomic E-state index is 7.50. The molecule has 2 fully saturated rings. The molecule has 32 heavy (non-hydrogen) atoms. The van der Waals surface area contributed by atoms with Crippen LogP contribution < -0.4 is 0 Å². The number of hydrogen-bond donors (Lipinski definition) is 0. The molecular weight excluding hydrogens is 561 g/mol. The second kappa shape index (κ2) is 31.7. The van der Waals surface area contributed by atoms with Gasteiger partial charge in [-0.1, -0.05) is 58.0 Å². The molecule has 0 spiro atoms. The van der Waals surface area contributed by atoms with Crippen molar-refractivity contribution in [2.45, 2.75) is 41.5 Å². The standard InChI is InChI=1S/C10H18P2.2C5H5.4CO.Fe.Zr/c1-9(2,3)7-11-8(12-7)10(4,5)6;2*1-2-4-5-3-1;4*1-2;;/h1-6H3;2*1-5H;;;;;;. The van der Waals surface area contributed by atoms with Gasteiger partial charge in [0.1, 0.15) is 0 Å². The molecule has 0 aromatic rings. The van der Waals surface area contributed by atoms with Gasteiger partial charge in [0.2, 0.25) is 0 Å². The molecule has 0 bridgehead atoms. The Morgan fingerprint density at radius 3 is 0.688 bits per heavy atom. The molecular formula is C24H28FeO4P2Zr. The van der Waals surface area contributed by atoms with E-state index < -0.39 is 0 Å². The van der Waals surface area contributed by atoms with E-state index in [0.29, 0.717) is 10.8 Å². The van der Waals surface area contributed by atoms with Crippen LogP contribution >= 0.6 is 16.4 Å². The van der Waals surface area contributed by atoms with Crippen LogP contribution in [-0.4, -0.2) is 10.1 Å². The molecule has 3 aliphatic rings. The van der Waals surface area contributed by atoms with E-state index >= 15 is 0 Å². The SMILES string of the molecule is CC(C)(C)C1=PC(C(C)(C)C)=P1.[C-]#[O+].[C-]#[O+].[C-]#[O+].[C-]#[O+].[CH]1[CH][CH][CH][CH]1.[CH]1[CH][CH][CH][CH]1.[Fe].[Zr]. The molecule has 8 heteroatoms. The van der Waals surface area contributed by atoms with Gasteiger partial charge in [0.25, 0.3) is 0 Å². The van der Waals surface area contributed by atoms with E-state index in [4.69, 9.17) is 18.6 Å².